The minimum absolute atomic E-state index is 0.712. The Kier molecular flexibility index (Phi) is 10.2. The van der Waals surface area contributed by atoms with Gasteiger partial charge in [-0.15, -0.1) is 0 Å². The highest BCUT2D eigenvalue weighted by molar-refractivity contribution is 5.85. The van der Waals surface area contributed by atoms with Gasteiger partial charge >= 0.3 is 0 Å². The summed E-state index contributed by atoms with van der Waals surface area (Å²) in [5, 5.41) is 12.0. The van der Waals surface area contributed by atoms with E-state index in [1.54, 1.807) is 0 Å². The third-order valence-corrected chi connectivity index (χ3v) is 7.74. The first-order valence-corrected chi connectivity index (χ1v) is 14.2. The molecule has 0 amide bonds. The molecule has 0 aliphatic heterocycles. The van der Waals surface area contributed by atoms with Gasteiger partial charge < -0.3 is 20.1 Å². The van der Waals surface area contributed by atoms with Crippen LogP contribution in [0.1, 0.15) is 63.8 Å². The fraction of sp³-hybridized carbons (Fsp3) is 0.412. The maximum atomic E-state index is 10.3. The summed E-state index contributed by atoms with van der Waals surface area (Å²) in [6.07, 6.45) is 0. The van der Waals surface area contributed by atoms with Gasteiger partial charge in [-0.3, -0.25) is 5.87 Å². The van der Waals surface area contributed by atoms with Crippen molar-refractivity contribution in [3.05, 3.63) is 92.7 Å². The normalized spacial score (nSPS) is 10.7. The summed E-state index contributed by atoms with van der Waals surface area (Å²) >= 11 is 0. The van der Waals surface area contributed by atoms with Crippen molar-refractivity contribution in [2.24, 2.45) is 0 Å². The van der Waals surface area contributed by atoms with E-state index in [9.17, 15) is 5.41 Å². The van der Waals surface area contributed by atoms with Gasteiger partial charge in [0.1, 0.15) is 0 Å². The number of hydrogen-bond acceptors (Lipinski definition) is 3. The van der Waals surface area contributed by atoms with Crippen molar-refractivity contribution in [2.45, 2.75) is 55.4 Å². The van der Waals surface area contributed by atoms with E-state index in [-0.39, 0.29) is 0 Å². The van der Waals surface area contributed by atoms with Gasteiger partial charge in [-0.2, -0.15) is 0 Å². The summed E-state index contributed by atoms with van der Waals surface area (Å²) in [6, 6.07) is 19.9. The maximum absolute atomic E-state index is 10.3. The molecule has 3 rings (SSSR count). The molecular weight excluding hydrogens is 464 g/mol. The van der Waals surface area contributed by atoms with Gasteiger partial charge in [0.25, 0.3) is 0 Å². The maximum Gasteiger partial charge on any atom is 0.0378 e. The van der Waals surface area contributed by atoms with E-state index >= 15 is 0 Å². The van der Waals surface area contributed by atoms with Crippen LogP contribution in [0, 0.1) is 13.8 Å². The van der Waals surface area contributed by atoms with Crippen molar-refractivity contribution in [1.82, 2.24) is 0 Å². The number of benzene rings is 3. The van der Waals surface area contributed by atoms with Crippen LogP contribution >= 0.6 is 0 Å². The van der Waals surface area contributed by atoms with E-state index in [4.69, 9.17) is 0 Å². The predicted octanol–water partition coefficient (Wildman–Crippen LogP) is 6.00. The second-order valence-corrected chi connectivity index (χ2v) is 9.73. The number of aryl methyl sites for hydroxylation is 2. The second-order valence-electron chi connectivity index (χ2n) is 9.73. The van der Waals surface area contributed by atoms with Crippen LogP contribution in [0.2, 0.25) is 0 Å². The second kappa shape index (κ2) is 13.3. The lowest BCUT2D eigenvalue weighted by atomic mass is 9.88. The van der Waals surface area contributed by atoms with Crippen molar-refractivity contribution in [3.63, 3.8) is 0 Å². The van der Waals surface area contributed by atoms with Crippen LogP contribution in [0.5, 0.6) is 0 Å². The first-order valence-electron chi connectivity index (χ1n) is 14.2. The fourth-order valence-electron chi connectivity index (χ4n) is 5.49. The van der Waals surface area contributed by atoms with Crippen molar-refractivity contribution in [3.8, 4) is 0 Å². The minimum Gasteiger partial charge on any atom is -0.763 e. The number of rotatable bonds is 11. The minimum atomic E-state index is 0.712. The summed E-state index contributed by atoms with van der Waals surface area (Å²) in [7, 11) is 0. The number of nitrogens with zero attached hydrogens (tertiary/aromatic N) is 4. The third-order valence-electron chi connectivity index (χ3n) is 7.74. The molecule has 38 heavy (non-hydrogen) atoms. The molecule has 0 fully saturated rings. The zero-order valence-electron chi connectivity index (χ0n) is 24.7. The van der Waals surface area contributed by atoms with Crippen molar-refractivity contribution >= 4 is 28.5 Å². The summed E-state index contributed by atoms with van der Waals surface area (Å²) in [6.45, 7) is 23.2. The molecule has 0 bridgehead atoms. The quantitative estimate of drug-likeness (QED) is 0.297. The Balaban J connectivity index is 2.39. The summed E-state index contributed by atoms with van der Waals surface area (Å²) < 4.78 is 0. The Labute approximate surface area is 230 Å². The molecule has 0 saturated carbocycles. The molecule has 0 saturated heterocycles. The molecule has 4 nitrogen and oxygen atoms in total. The van der Waals surface area contributed by atoms with E-state index in [0.29, 0.717) is 5.22 Å². The Hall–Kier alpha value is -3.49. The topological polar surface area (TPSA) is 32.0 Å². The molecule has 0 aromatic heterocycles. The Bertz CT molecular complexity index is 1310. The smallest absolute Gasteiger partial charge is 0.0378 e. The van der Waals surface area contributed by atoms with Crippen LogP contribution in [-0.2, 0) is 0 Å². The molecule has 3 aromatic carbocycles. The van der Waals surface area contributed by atoms with Crippen LogP contribution < -0.4 is 25.1 Å². The van der Waals surface area contributed by atoms with Gasteiger partial charge in [0.15, 0.2) is 0 Å². The molecule has 0 aliphatic rings. The number of hydrogen-bond donors (Lipinski definition) is 0. The largest absolute Gasteiger partial charge is 0.763 e. The van der Waals surface area contributed by atoms with E-state index in [1.807, 2.05) is 0 Å². The molecule has 0 unspecified atom stereocenters. The average Bonchev–Trinajstić information content (AvgIpc) is 2.93. The fourth-order valence-corrected chi connectivity index (χ4v) is 5.49. The zero-order chi connectivity index (χ0) is 27.8. The lowest BCUT2D eigenvalue weighted by Gasteiger charge is -2.25. The molecule has 0 heterocycles. The van der Waals surface area contributed by atoms with Crippen LogP contribution in [0.3, 0.4) is 0 Å². The van der Waals surface area contributed by atoms with E-state index in [2.05, 4.69) is 131 Å². The van der Waals surface area contributed by atoms with Crippen molar-refractivity contribution in [2.75, 3.05) is 54.0 Å². The molecule has 0 N–H and O–H groups in total. The van der Waals surface area contributed by atoms with Gasteiger partial charge in [0.2, 0.25) is 0 Å². The van der Waals surface area contributed by atoms with Crippen LogP contribution in [-0.4, -0.2) is 45.1 Å². The lowest BCUT2D eigenvalue weighted by Crippen LogP contribution is -2.32. The Morgan fingerprint density at radius 2 is 0.947 bits per heavy atom. The van der Waals surface area contributed by atoms with Gasteiger partial charge in [-0.1, -0.05) is 18.2 Å². The predicted molar refractivity (Wildman–Crippen MR) is 168 cm³/mol. The molecule has 0 aliphatic carbocycles. The van der Waals surface area contributed by atoms with E-state index in [1.165, 1.54) is 33.6 Å². The molecule has 4 heteroatoms. The molecule has 3 aromatic rings. The van der Waals surface area contributed by atoms with Gasteiger partial charge in [-0.25, -0.2) is 0 Å². The highest BCUT2D eigenvalue weighted by Gasteiger charge is 2.16. The van der Waals surface area contributed by atoms with Gasteiger partial charge in [0, 0.05) is 61.5 Å². The first-order chi connectivity index (χ1) is 18.4. The molecule has 0 spiro atoms. The average molecular weight is 510 g/mol. The van der Waals surface area contributed by atoms with Crippen molar-refractivity contribution in [1.29, 1.82) is 0 Å². The Morgan fingerprint density at radius 3 is 1.29 bits per heavy atom. The monoisotopic (exact) mass is 509 g/mol. The SMILES string of the molecule is CCN(CC)c1ccc(C(c2ccc(N(CC)CC)cc2C)=c2ccc(N(CC)CC)cc2=C=[N-])c(C)c1. The third kappa shape index (κ3) is 5.97. The molecule has 0 atom stereocenters. The van der Waals surface area contributed by atoms with Gasteiger partial charge in [-0.05, 0) is 125 Å². The van der Waals surface area contributed by atoms with E-state index in [0.717, 1.165) is 55.7 Å². The zero-order valence-corrected chi connectivity index (χ0v) is 24.7. The number of anilines is 3. The van der Waals surface area contributed by atoms with Gasteiger partial charge in [0.05, 0.1) is 0 Å². The van der Waals surface area contributed by atoms with Crippen LogP contribution in [0.25, 0.3) is 11.0 Å². The summed E-state index contributed by atoms with van der Waals surface area (Å²) in [5.41, 5.74) is 9.47. The molecule has 202 valence electrons. The summed E-state index contributed by atoms with van der Waals surface area (Å²) in [4.78, 5) is 7.04. The molecule has 0 radical (unpaired) electrons. The summed E-state index contributed by atoms with van der Waals surface area (Å²) in [5.74, 6) is 2.53. The van der Waals surface area contributed by atoms with Crippen LogP contribution in [0.15, 0.2) is 54.6 Å². The van der Waals surface area contributed by atoms with Crippen LogP contribution in [0.4, 0.5) is 17.1 Å². The standard InChI is InChI=1S/C34H45N4/c1-9-36(10-2)28-15-18-31(25(7)21-28)34(32-19-16-29(22-26(32)8)37(11-3)12-4)33-20-17-30(23-27(33)24-35)38(13-5)14-6/h15-23H,9-14H2,1-8H3/q-1. The molecular formula is C34H45N4-. The lowest BCUT2D eigenvalue weighted by molar-refractivity contribution is 0.865. The highest BCUT2D eigenvalue weighted by atomic mass is 15.1. The first kappa shape index (κ1) is 29.1. The van der Waals surface area contributed by atoms with Crippen molar-refractivity contribution < 1.29 is 0 Å². The highest BCUT2D eigenvalue weighted by Crippen LogP contribution is 2.31. The van der Waals surface area contributed by atoms with E-state index < -0.39 is 0 Å². The Morgan fingerprint density at radius 1 is 0.579 bits per heavy atom.